The fourth-order valence-corrected chi connectivity index (χ4v) is 4.42. The van der Waals surface area contributed by atoms with E-state index in [2.05, 4.69) is 0 Å². The molecule has 1 atom stereocenters. The van der Waals surface area contributed by atoms with Crippen molar-refractivity contribution in [1.29, 1.82) is 0 Å². The molecular formula is C30H36N2O5. The lowest BCUT2D eigenvalue weighted by atomic mass is 9.79. The molecule has 0 radical (unpaired) electrons. The number of carbonyl (C=O) groups excluding carboxylic acids is 1. The summed E-state index contributed by atoms with van der Waals surface area (Å²) in [6.45, 7) is 7.42. The van der Waals surface area contributed by atoms with Crippen LogP contribution >= 0.6 is 0 Å². The van der Waals surface area contributed by atoms with Gasteiger partial charge < -0.3 is 19.3 Å². The molecule has 0 bridgehead atoms. The van der Waals surface area contributed by atoms with Gasteiger partial charge >= 0.3 is 6.09 Å². The van der Waals surface area contributed by atoms with Crippen LogP contribution < -0.4 is 4.90 Å². The van der Waals surface area contributed by atoms with Gasteiger partial charge in [0.1, 0.15) is 11.4 Å². The molecule has 2 heterocycles. The molecule has 7 nitrogen and oxygen atoms in total. The Hall–Kier alpha value is -3.26. The number of aliphatic hydroxyl groups is 1. The van der Waals surface area contributed by atoms with Crippen LogP contribution in [0.5, 0.6) is 0 Å². The van der Waals surface area contributed by atoms with E-state index in [1.807, 2.05) is 93.6 Å². The summed E-state index contributed by atoms with van der Waals surface area (Å²) in [5, 5.41) is 10.4. The van der Waals surface area contributed by atoms with Gasteiger partial charge in [0, 0.05) is 12.0 Å². The Morgan fingerprint density at radius 2 is 1.68 bits per heavy atom. The molecule has 1 aromatic heterocycles. The molecule has 1 fully saturated rings. The molecule has 0 aliphatic carbocycles. The number of aliphatic hydroxyl groups excluding tert-OH is 1. The smallest absolute Gasteiger partial charge is 0.416 e. The number of carbonyl (C=O) groups is 1. The topological polar surface area (TPSA) is 81.1 Å². The molecule has 37 heavy (non-hydrogen) atoms. The number of pyridine rings is 1. The highest BCUT2D eigenvalue weighted by atomic mass is 16.6. The summed E-state index contributed by atoms with van der Waals surface area (Å²) < 4.78 is 17.5. The molecular weight excluding hydrogens is 468 g/mol. The first-order valence-corrected chi connectivity index (χ1v) is 12.6. The van der Waals surface area contributed by atoms with Gasteiger partial charge in [-0.1, -0.05) is 66.7 Å². The fraction of sp³-hybridized carbons (Fsp3) is 0.400. The summed E-state index contributed by atoms with van der Waals surface area (Å²) >= 11 is 0. The third-order valence-corrected chi connectivity index (χ3v) is 6.36. The molecule has 1 amide bonds. The van der Waals surface area contributed by atoms with Gasteiger partial charge in [0.15, 0.2) is 0 Å². The number of rotatable bonds is 9. The number of benzene rings is 2. The molecule has 3 aromatic rings. The lowest BCUT2D eigenvalue weighted by Crippen LogP contribution is -2.38. The highest BCUT2D eigenvalue weighted by Gasteiger charge is 2.39. The van der Waals surface area contributed by atoms with E-state index >= 15 is 0 Å². The monoisotopic (exact) mass is 504 g/mol. The minimum Gasteiger partial charge on any atom is -0.443 e. The van der Waals surface area contributed by atoms with Crippen LogP contribution in [0, 0.1) is 0 Å². The third-order valence-electron chi connectivity index (χ3n) is 6.36. The van der Waals surface area contributed by atoms with Crippen molar-refractivity contribution < 1.29 is 24.1 Å². The van der Waals surface area contributed by atoms with E-state index in [0.29, 0.717) is 44.3 Å². The van der Waals surface area contributed by atoms with Crippen molar-refractivity contribution >= 4 is 11.9 Å². The van der Waals surface area contributed by atoms with Crippen LogP contribution in [0.15, 0.2) is 72.8 Å². The number of hydrogen-bond acceptors (Lipinski definition) is 6. The highest BCUT2D eigenvalue weighted by Crippen LogP contribution is 2.36. The quantitative estimate of drug-likeness (QED) is 0.421. The molecule has 2 aromatic carbocycles. The SMILES string of the molecule is CC(C)(C)OC(=O)N(Cc1ccccc1)c1ccc(C2(CO)CCOC2)c(COCc2ccccc2)n1. The van der Waals surface area contributed by atoms with Crippen LogP contribution in [0.25, 0.3) is 0 Å². The van der Waals surface area contributed by atoms with Crippen molar-refractivity contribution in [2.45, 2.75) is 58.0 Å². The zero-order valence-electron chi connectivity index (χ0n) is 21.9. The maximum absolute atomic E-state index is 13.3. The Kier molecular flexibility index (Phi) is 8.59. The zero-order chi connectivity index (χ0) is 26.3. The largest absolute Gasteiger partial charge is 0.443 e. The second kappa shape index (κ2) is 11.9. The lowest BCUT2D eigenvalue weighted by molar-refractivity contribution is 0.0575. The number of nitrogens with zero attached hydrogens (tertiary/aromatic N) is 2. The molecule has 196 valence electrons. The summed E-state index contributed by atoms with van der Waals surface area (Å²) in [6.07, 6.45) is 0.213. The maximum Gasteiger partial charge on any atom is 0.416 e. The van der Waals surface area contributed by atoms with E-state index < -0.39 is 17.1 Å². The summed E-state index contributed by atoms with van der Waals surface area (Å²) in [5.74, 6) is 0.465. The van der Waals surface area contributed by atoms with Crippen molar-refractivity contribution in [3.63, 3.8) is 0 Å². The van der Waals surface area contributed by atoms with Crippen LogP contribution in [-0.4, -0.2) is 41.6 Å². The number of amides is 1. The van der Waals surface area contributed by atoms with E-state index in [9.17, 15) is 9.90 Å². The lowest BCUT2D eigenvalue weighted by Gasteiger charge is -2.30. The Morgan fingerprint density at radius 3 is 2.27 bits per heavy atom. The Balaban J connectivity index is 1.68. The minimum atomic E-state index is -0.657. The summed E-state index contributed by atoms with van der Waals surface area (Å²) in [6, 6.07) is 23.4. The summed E-state index contributed by atoms with van der Waals surface area (Å²) in [7, 11) is 0. The Labute approximate surface area is 219 Å². The minimum absolute atomic E-state index is 0.0560. The first kappa shape index (κ1) is 26.8. The van der Waals surface area contributed by atoms with Gasteiger partial charge in [-0.3, -0.25) is 4.90 Å². The molecule has 4 rings (SSSR count). The van der Waals surface area contributed by atoms with Gasteiger partial charge in [-0.2, -0.15) is 0 Å². The van der Waals surface area contributed by atoms with Crippen molar-refractivity contribution in [3.8, 4) is 0 Å². The average Bonchev–Trinajstić information content (AvgIpc) is 3.38. The normalized spacial score (nSPS) is 17.5. The van der Waals surface area contributed by atoms with Gasteiger partial charge in [-0.25, -0.2) is 9.78 Å². The molecule has 1 aliphatic heterocycles. The second-order valence-corrected chi connectivity index (χ2v) is 10.4. The molecule has 7 heteroatoms. The maximum atomic E-state index is 13.3. The number of ether oxygens (including phenoxy) is 3. The molecule has 0 spiro atoms. The molecule has 0 saturated carbocycles. The van der Waals surface area contributed by atoms with Gasteiger partial charge in [0.05, 0.1) is 38.7 Å². The predicted molar refractivity (Wildman–Crippen MR) is 142 cm³/mol. The van der Waals surface area contributed by atoms with Crippen molar-refractivity contribution in [1.82, 2.24) is 4.98 Å². The van der Waals surface area contributed by atoms with Crippen LogP contribution in [-0.2, 0) is 39.4 Å². The van der Waals surface area contributed by atoms with E-state index in [4.69, 9.17) is 19.2 Å². The average molecular weight is 505 g/mol. The number of hydrogen-bond donors (Lipinski definition) is 1. The standard InChI is InChI=1S/C30H36N2O5/c1-29(2,3)37-28(34)32(18-23-10-6-4-7-11-23)27-15-14-25(30(21-33)16-17-35-22-30)26(31-27)20-36-19-24-12-8-5-9-13-24/h4-15,33H,16-22H2,1-3H3. The first-order chi connectivity index (χ1) is 17.8. The zero-order valence-corrected chi connectivity index (χ0v) is 21.9. The van der Waals surface area contributed by atoms with Crippen LogP contribution in [0.2, 0.25) is 0 Å². The first-order valence-electron chi connectivity index (χ1n) is 12.6. The molecule has 1 saturated heterocycles. The van der Waals surface area contributed by atoms with Crippen LogP contribution in [0.4, 0.5) is 10.6 Å². The fourth-order valence-electron chi connectivity index (χ4n) is 4.42. The molecule has 1 N–H and O–H groups in total. The number of anilines is 1. The number of aromatic nitrogens is 1. The highest BCUT2D eigenvalue weighted by molar-refractivity contribution is 5.86. The summed E-state index contributed by atoms with van der Waals surface area (Å²) in [4.78, 5) is 19.8. The second-order valence-electron chi connectivity index (χ2n) is 10.4. The van der Waals surface area contributed by atoms with E-state index in [-0.39, 0.29) is 13.2 Å². The van der Waals surface area contributed by atoms with Crippen LogP contribution in [0.1, 0.15) is 49.6 Å². The van der Waals surface area contributed by atoms with Gasteiger partial charge in [0.2, 0.25) is 0 Å². The Morgan fingerprint density at radius 1 is 1.00 bits per heavy atom. The van der Waals surface area contributed by atoms with E-state index in [1.165, 1.54) is 0 Å². The van der Waals surface area contributed by atoms with Crippen molar-refractivity contribution in [2.24, 2.45) is 0 Å². The van der Waals surface area contributed by atoms with Gasteiger partial charge in [0.25, 0.3) is 0 Å². The predicted octanol–water partition coefficient (Wildman–Crippen LogP) is 5.39. The van der Waals surface area contributed by atoms with E-state index in [0.717, 1.165) is 16.7 Å². The van der Waals surface area contributed by atoms with Crippen LogP contribution in [0.3, 0.4) is 0 Å². The van der Waals surface area contributed by atoms with Gasteiger partial charge in [-0.15, -0.1) is 0 Å². The van der Waals surface area contributed by atoms with Crippen molar-refractivity contribution in [3.05, 3.63) is 95.2 Å². The van der Waals surface area contributed by atoms with Gasteiger partial charge in [-0.05, 0) is 49.9 Å². The molecule has 1 unspecified atom stereocenters. The summed E-state index contributed by atoms with van der Waals surface area (Å²) in [5.41, 5.74) is 2.36. The third kappa shape index (κ3) is 6.95. The van der Waals surface area contributed by atoms with E-state index in [1.54, 1.807) is 4.90 Å². The Bertz CT molecular complexity index is 1160. The van der Waals surface area contributed by atoms with Crippen molar-refractivity contribution in [2.75, 3.05) is 24.7 Å². The molecule has 1 aliphatic rings.